The van der Waals surface area contributed by atoms with Gasteiger partial charge in [-0.1, -0.05) is 31.0 Å². The van der Waals surface area contributed by atoms with Crippen molar-refractivity contribution in [1.82, 2.24) is 9.62 Å². The number of rotatable bonds is 5. The van der Waals surface area contributed by atoms with Crippen LogP contribution in [0, 0.1) is 5.92 Å². The van der Waals surface area contributed by atoms with Crippen LogP contribution in [0.25, 0.3) is 0 Å². The van der Waals surface area contributed by atoms with Gasteiger partial charge in [0.2, 0.25) is 15.9 Å². The molecule has 1 aliphatic rings. The van der Waals surface area contributed by atoms with Gasteiger partial charge in [0.1, 0.15) is 0 Å². The zero-order valence-corrected chi connectivity index (χ0v) is 13.3. The monoisotopic (exact) mass is 310 g/mol. The second kappa shape index (κ2) is 6.58. The number of benzene rings is 1. The molecule has 0 heterocycles. The number of sulfonamides is 1. The Balaban J connectivity index is 2.12. The molecule has 0 spiro atoms. The highest BCUT2D eigenvalue weighted by Gasteiger charge is 2.24. The Bertz CT molecular complexity index is 605. The molecule has 0 aliphatic heterocycles. The van der Waals surface area contributed by atoms with Crippen LogP contribution in [0.3, 0.4) is 0 Å². The third-order valence-corrected chi connectivity index (χ3v) is 5.83. The zero-order valence-electron chi connectivity index (χ0n) is 12.5. The standard InChI is InChI=1S/C15H22N2O3S/c1-17(2)21(19,20)14-10-6-5-9-13(14)11-16-15(18)12-7-3-4-8-12/h5-6,9-10,12H,3-4,7-8,11H2,1-2H3,(H,16,18). The second-order valence-electron chi connectivity index (χ2n) is 5.59. The van der Waals surface area contributed by atoms with Crippen LogP contribution in [0.5, 0.6) is 0 Å². The summed E-state index contributed by atoms with van der Waals surface area (Å²) in [5.74, 6) is 0.118. The third kappa shape index (κ3) is 3.63. The number of carbonyl (C=O) groups excluding carboxylic acids is 1. The molecular formula is C15H22N2O3S. The first-order valence-electron chi connectivity index (χ1n) is 7.21. The molecular weight excluding hydrogens is 288 g/mol. The lowest BCUT2D eigenvalue weighted by molar-refractivity contribution is -0.124. The fourth-order valence-electron chi connectivity index (χ4n) is 2.61. The SMILES string of the molecule is CN(C)S(=O)(=O)c1ccccc1CNC(=O)C1CCCC1. The van der Waals surface area contributed by atoms with Crippen molar-refractivity contribution in [3.05, 3.63) is 29.8 Å². The van der Waals surface area contributed by atoms with Gasteiger partial charge in [0.15, 0.2) is 0 Å². The molecule has 0 unspecified atom stereocenters. The summed E-state index contributed by atoms with van der Waals surface area (Å²) in [5.41, 5.74) is 0.623. The van der Waals surface area contributed by atoms with E-state index < -0.39 is 10.0 Å². The normalized spacial score (nSPS) is 16.3. The van der Waals surface area contributed by atoms with Crippen molar-refractivity contribution in [2.45, 2.75) is 37.1 Å². The summed E-state index contributed by atoms with van der Waals surface area (Å²) in [6.45, 7) is 0.249. The number of hydrogen-bond acceptors (Lipinski definition) is 3. The molecule has 1 saturated carbocycles. The first kappa shape index (κ1) is 16.0. The second-order valence-corrected chi connectivity index (χ2v) is 7.71. The molecule has 1 N–H and O–H groups in total. The van der Waals surface area contributed by atoms with E-state index in [2.05, 4.69) is 5.32 Å². The van der Waals surface area contributed by atoms with Gasteiger partial charge in [-0.05, 0) is 24.5 Å². The van der Waals surface area contributed by atoms with E-state index >= 15 is 0 Å². The van der Waals surface area contributed by atoms with E-state index in [-0.39, 0.29) is 23.3 Å². The fourth-order valence-corrected chi connectivity index (χ4v) is 3.73. The summed E-state index contributed by atoms with van der Waals surface area (Å²) in [6.07, 6.45) is 4.07. The molecule has 1 aromatic rings. The Labute approximate surface area is 126 Å². The van der Waals surface area contributed by atoms with Crippen molar-refractivity contribution in [3.8, 4) is 0 Å². The van der Waals surface area contributed by atoms with E-state index in [1.54, 1.807) is 24.3 Å². The van der Waals surface area contributed by atoms with Crippen LogP contribution in [0.1, 0.15) is 31.2 Å². The van der Waals surface area contributed by atoms with Gasteiger partial charge in [-0.2, -0.15) is 0 Å². The molecule has 116 valence electrons. The summed E-state index contributed by atoms with van der Waals surface area (Å²) >= 11 is 0. The van der Waals surface area contributed by atoms with Crippen molar-refractivity contribution in [1.29, 1.82) is 0 Å². The molecule has 5 nitrogen and oxygen atoms in total. The maximum Gasteiger partial charge on any atom is 0.242 e. The third-order valence-electron chi connectivity index (χ3n) is 3.91. The number of hydrogen-bond donors (Lipinski definition) is 1. The highest BCUT2D eigenvalue weighted by atomic mass is 32.2. The Kier molecular flexibility index (Phi) is 5.00. The fraction of sp³-hybridized carbons (Fsp3) is 0.533. The molecule has 21 heavy (non-hydrogen) atoms. The van der Waals surface area contributed by atoms with E-state index in [1.165, 1.54) is 18.4 Å². The summed E-state index contributed by atoms with van der Waals surface area (Å²) in [4.78, 5) is 12.3. The molecule has 2 rings (SSSR count). The first-order chi connectivity index (χ1) is 9.93. The number of carbonyl (C=O) groups is 1. The summed E-state index contributed by atoms with van der Waals surface area (Å²) in [5, 5.41) is 2.87. The molecule has 1 fully saturated rings. The van der Waals surface area contributed by atoms with Crippen LogP contribution >= 0.6 is 0 Å². The van der Waals surface area contributed by atoms with Gasteiger partial charge < -0.3 is 5.32 Å². The Morgan fingerprint density at radius 1 is 1.24 bits per heavy atom. The zero-order chi connectivity index (χ0) is 15.5. The van der Waals surface area contributed by atoms with Crippen LogP contribution in [-0.4, -0.2) is 32.7 Å². The Morgan fingerprint density at radius 2 is 1.86 bits per heavy atom. The average molecular weight is 310 g/mol. The van der Waals surface area contributed by atoms with Crippen LogP contribution in [0.2, 0.25) is 0 Å². The lowest BCUT2D eigenvalue weighted by Gasteiger charge is -2.16. The van der Waals surface area contributed by atoms with Crippen LogP contribution in [0.4, 0.5) is 0 Å². The molecule has 0 atom stereocenters. The van der Waals surface area contributed by atoms with E-state index in [4.69, 9.17) is 0 Å². The van der Waals surface area contributed by atoms with Gasteiger partial charge in [-0.3, -0.25) is 4.79 Å². The highest BCUT2D eigenvalue weighted by molar-refractivity contribution is 7.89. The lowest BCUT2D eigenvalue weighted by atomic mass is 10.1. The van der Waals surface area contributed by atoms with Crippen molar-refractivity contribution >= 4 is 15.9 Å². The maximum absolute atomic E-state index is 12.3. The molecule has 1 aliphatic carbocycles. The van der Waals surface area contributed by atoms with Crippen molar-refractivity contribution < 1.29 is 13.2 Å². The average Bonchev–Trinajstić information content (AvgIpc) is 2.99. The van der Waals surface area contributed by atoms with Gasteiger partial charge in [-0.25, -0.2) is 12.7 Å². The van der Waals surface area contributed by atoms with E-state index in [1.807, 2.05) is 0 Å². The highest BCUT2D eigenvalue weighted by Crippen LogP contribution is 2.25. The Morgan fingerprint density at radius 3 is 2.48 bits per heavy atom. The summed E-state index contributed by atoms with van der Waals surface area (Å²) in [7, 11) is -0.486. The van der Waals surface area contributed by atoms with Gasteiger partial charge in [0.25, 0.3) is 0 Å². The minimum absolute atomic E-state index is 0.0320. The number of amides is 1. The minimum atomic E-state index is -3.49. The van der Waals surface area contributed by atoms with Crippen molar-refractivity contribution in [2.75, 3.05) is 14.1 Å². The number of nitrogens with one attached hydrogen (secondary N) is 1. The minimum Gasteiger partial charge on any atom is -0.352 e. The van der Waals surface area contributed by atoms with Crippen molar-refractivity contribution in [3.63, 3.8) is 0 Å². The predicted octanol–water partition coefficient (Wildman–Crippen LogP) is 1.74. The molecule has 0 radical (unpaired) electrons. The van der Waals surface area contributed by atoms with Gasteiger partial charge in [-0.15, -0.1) is 0 Å². The predicted molar refractivity (Wildman–Crippen MR) is 81.1 cm³/mol. The molecule has 0 aromatic heterocycles. The quantitative estimate of drug-likeness (QED) is 0.901. The maximum atomic E-state index is 12.3. The largest absolute Gasteiger partial charge is 0.352 e. The summed E-state index contributed by atoms with van der Waals surface area (Å²) < 4.78 is 25.7. The van der Waals surface area contributed by atoms with Crippen LogP contribution in [-0.2, 0) is 21.4 Å². The van der Waals surface area contributed by atoms with Crippen molar-refractivity contribution in [2.24, 2.45) is 5.92 Å². The molecule has 1 aromatic carbocycles. The van der Waals surface area contributed by atoms with Gasteiger partial charge in [0.05, 0.1) is 4.90 Å². The van der Waals surface area contributed by atoms with E-state index in [9.17, 15) is 13.2 Å². The van der Waals surface area contributed by atoms with Gasteiger partial charge in [0, 0.05) is 26.6 Å². The van der Waals surface area contributed by atoms with E-state index in [0.717, 1.165) is 25.7 Å². The molecule has 1 amide bonds. The van der Waals surface area contributed by atoms with Crippen LogP contribution < -0.4 is 5.32 Å². The molecule has 0 bridgehead atoms. The summed E-state index contributed by atoms with van der Waals surface area (Å²) in [6, 6.07) is 6.79. The van der Waals surface area contributed by atoms with Crippen LogP contribution in [0.15, 0.2) is 29.2 Å². The topological polar surface area (TPSA) is 66.5 Å². The Hall–Kier alpha value is -1.40. The lowest BCUT2D eigenvalue weighted by Crippen LogP contribution is -2.30. The smallest absolute Gasteiger partial charge is 0.242 e. The first-order valence-corrected chi connectivity index (χ1v) is 8.65. The van der Waals surface area contributed by atoms with Gasteiger partial charge >= 0.3 is 0 Å². The molecule has 6 heteroatoms. The van der Waals surface area contributed by atoms with E-state index in [0.29, 0.717) is 5.56 Å². The number of nitrogens with zero attached hydrogens (tertiary/aromatic N) is 1. The molecule has 0 saturated heterocycles.